The molecule has 0 aromatic carbocycles. The van der Waals surface area contributed by atoms with Gasteiger partial charge in [-0.3, -0.25) is 5.10 Å². The normalized spacial score (nSPS) is 18.5. The highest BCUT2D eigenvalue weighted by atomic mass is 32.1. The fourth-order valence-corrected chi connectivity index (χ4v) is 3.97. The molecule has 0 bridgehead atoms. The summed E-state index contributed by atoms with van der Waals surface area (Å²) in [6.45, 7) is 8.25. The van der Waals surface area contributed by atoms with E-state index in [0.717, 1.165) is 46.5 Å². The van der Waals surface area contributed by atoms with Gasteiger partial charge in [0.15, 0.2) is 5.82 Å². The molecule has 8 heteroatoms. The van der Waals surface area contributed by atoms with E-state index >= 15 is 0 Å². The lowest BCUT2D eigenvalue weighted by atomic mass is 10.2. The Morgan fingerprint density at radius 1 is 1.33 bits per heavy atom. The average Bonchev–Trinajstić information content (AvgIpc) is 3.21. The van der Waals surface area contributed by atoms with Crippen molar-refractivity contribution in [2.75, 3.05) is 24.6 Å². The van der Waals surface area contributed by atoms with E-state index in [0.29, 0.717) is 13.2 Å². The number of H-pyrrole nitrogens is 1. The van der Waals surface area contributed by atoms with E-state index in [2.05, 4.69) is 44.3 Å². The third-order valence-electron chi connectivity index (χ3n) is 4.25. The maximum atomic E-state index is 5.90. The summed E-state index contributed by atoms with van der Waals surface area (Å²) >= 11 is 1.67. The monoisotopic (exact) mass is 344 g/mol. The molecule has 1 aliphatic heterocycles. The number of ether oxygens (including phenoxy) is 1. The fraction of sp³-hybridized carbons (Fsp3) is 0.500. The Bertz CT molecular complexity index is 873. The van der Waals surface area contributed by atoms with E-state index in [9.17, 15) is 0 Å². The molecule has 7 nitrogen and oxygen atoms in total. The Morgan fingerprint density at radius 2 is 2.21 bits per heavy atom. The Kier molecular flexibility index (Phi) is 3.93. The van der Waals surface area contributed by atoms with Crippen LogP contribution < -0.4 is 4.90 Å². The van der Waals surface area contributed by atoms with Gasteiger partial charge in [0.1, 0.15) is 28.4 Å². The van der Waals surface area contributed by atoms with Gasteiger partial charge in [0.2, 0.25) is 0 Å². The topological polar surface area (TPSA) is 79.8 Å². The molecular weight excluding hydrogens is 324 g/mol. The zero-order valence-corrected chi connectivity index (χ0v) is 14.9. The van der Waals surface area contributed by atoms with Gasteiger partial charge in [-0.2, -0.15) is 5.10 Å². The second-order valence-electron chi connectivity index (χ2n) is 5.99. The molecule has 0 radical (unpaired) electrons. The summed E-state index contributed by atoms with van der Waals surface area (Å²) in [6, 6.07) is 0. The molecule has 24 heavy (non-hydrogen) atoms. The number of hydrogen-bond donors (Lipinski definition) is 1. The third kappa shape index (κ3) is 2.65. The molecule has 1 unspecified atom stereocenters. The van der Waals surface area contributed by atoms with Gasteiger partial charge in [-0.25, -0.2) is 15.0 Å². The van der Waals surface area contributed by atoms with Crippen LogP contribution in [0.5, 0.6) is 0 Å². The first kappa shape index (κ1) is 15.5. The number of aryl methyl sites for hydroxylation is 3. The smallest absolute Gasteiger partial charge is 0.181 e. The summed E-state index contributed by atoms with van der Waals surface area (Å²) in [4.78, 5) is 17.1. The zero-order valence-electron chi connectivity index (χ0n) is 14.0. The van der Waals surface area contributed by atoms with Gasteiger partial charge >= 0.3 is 0 Å². The van der Waals surface area contributed by atoms with Gasteiger partial charge in [0.25, 0.3) is 0 Å². The summed E-state index contributed by atoms with van der Waals surface area (Å²) in [7, 11) is 0. The molecule has 1 atom stereocenters. The van der Waals surface area contributed by atoms with Gasteiger partial charge in [-0.05, 0) is 24.8 Å². The maximum absolute atomic E-state index is 5.90. The minimum Gasteiger partial charge on any atom is -0.366 e. The van der Waals surface area contributed by atoms with Crippen LogP contribution in [0.15, 0.2) is 5.38 Å². The maximum Gasteiger partial charge on any atom is 0.181 e. The first-order valence-corrected chi connectivity index (χ1v) is 9.04. The third-order valence-corrected chi connectivity index (χ3v) is 5.24. The van der Waals surface area contributed by atoms with E-state index in [1.807, 2.05) is 6.92 Å². The van der Waals surface area contributed by atoms with E-state index in [1.54, 1.807) is 11.3 Å². The molecule has 1 N–H and O–H groups in total. The van der Waals surface area contributed by atoms with Crippen molar-refractivity contribution in [3.8, 4) is 0 Å². The molecule has 1 saturated heterocycles. The van der Waals surface area contributed by atoms with Gasteiger partial charge < -0.3 is 9.64 Å². The number of thiophene rings is 1. The predicted molar refractivity (Wildman–Crippen MR) is 93.6 cm³/mol. The van der Waals surface area contributed by atoms with E-state index in [4.69, 9.17) is 9.72 Å². The number of fused-ring (bicyclic) bond motifs is 1. The number of nitrogens with zero attached hydrogens (tertiary/aromatic N) is 5. The first-order chi connectivity index (χ1) is 11.7. The standard InChI is InChI=1S/C16H20N6OS/c1-4-12-19-14(21-20-12)11-7-22(5-6-23-11)15-13-9(2)8-24-16(13)18-10(3)17-15/h8,11H,4-7H2,1-3H3,(H,19,20,21). The fourth-order valence-electron chi connectivity index (χ4n) is 3.00. The zero-order chi connectivity index (χ0) is 16.7. The highest BCUT2D eigenvalue weighted by Crippen LogP contribution is 2.33. The van der Waals surface area contributed by atoms with Crippen LogP contribution in [-0.4, -0.2) is 44.8 Å². The highest BCUT2D eigenvalue weighted by Gasteiger charge is 2.28. The van der Waals surface area contributed by atoms with Gasteiger partial charge in [-0.15, -0.1) is 11.3 Å². The van der Waals surface area contributed by atoms with Crippen molar-refractivity contribution in [3.05, 3.63) is 28.4 Å². The number of rotatable bonds is 3. The quantitative estimate of drug-likeness (QED) is 0.786. The highest BCUT2D eigenvalue weighted by molar-refractivity contribution is 7.17. The largest absolute Gasteiger partial charge is 0.366 e. The number of aromatic amines is 1. The number of aromatic nitrogens is 5. The molecule has 0 amide bonds. The van der Waals surface area contributed by atoms with Gasteiger partial charge in [0, 0.05) is 13.0 Å². The Hall–Kier alpha value is -2.06. The van der Waals surface area contributed by atoms with Crippen molar-refractivity contribution in [1.82, 2.24) is 25.1 Å². The second-order valence-corrected chi connectivity index (χ2v) is 6.85. The lowest BCUT2D eigenvalue weighted by Gasteiger charge is -2.33. The minimum absolute atomic E-state index is 0.139. The van der Waals surface area contributed by atoms with Crippen molar-refractivity contribution in [3.63, 3.8) is 0 Å². The number of anilines is 1. The van der Waals surface area contributed by atoms with Crippen molar-refractivity contribution >= 4 is 27.4 Å². The van der Waals surface area contributed by atoms with E-state index in [-0.39, 0.29) is 6.10 Å². The summed E-state index contributed by atoms with van der Waals surface area (Å²) in [5.41, 5.74) is 1.22. The summed E-state index contributed by atoms with van der Waals surface area (Å²) in [6.07, 6.45) is 0.697. The van der Waals surface area contributed by atoms with E-state index < -0.39 is 0 Å². The predicted octanol–water partition coefficient (Wildman–Crippen LogP) is 2.57. The number of hydrogen-bond acceptors (Lipinski definition) is 7. The van der Waals surface area contributed by atoms with Gasteiger partial charge in [0.05, 0.1) is 18.5 Å². The van der Waals surface area contributed by atoms with Crippen LogP contribution in [0.3, 0.4) is 0 Å². The van der Waals surface area contributed by atoms with Crippen molar-refractivity contribution in [1.29, 1.82) is 0 Å². The van der Waals surface area contributed by atoms with Crippen LogP contribution in [-0.2, 0) is 11.2 Å². The summed E-state index contributed by atoms with van der Waals surface area (Å²) < 4.78 is 5.90. The average molecular weight is 344 g/mol. The van der Waals surface area contributed by atoms with Crippen molar-refractivity contribution < 1.29 is 4.74 Å². The molecule has 3 aromatic heterocycles. The minimum atomic E-state index is -0.139. The van der Waals surface area contributed by atoms with Crippen molar-refractivity contribution in [2.24, 2.45) is 0 Å². The van der Waals surface area contributed by atoms with E-state index in [1.165, 1.54) is 5.56 Å². The summed E-state index contributed by atoms with van der Waals surface area (Å²) in [5.74, 6) is 3.41. The summed E-state index contributed by atoms with van der Waals surface area (Å²) in [5, 5.41) is 10.6. The van der Waals surface area contributed by atoms with Crippen LogP contribution in [0, 0.1) is 13.8 Å². The molecule has 126 valence electrons. The SMILES string of the molecule is CCc1nc(C2CN(c3nc(C)nc4scc(C)c34)CCO2)n[nH]1. The molecule has 4 rings (SSSR count). The van der Waals surface area contributed by atoms with Crippen LogP contribution in [0.25, 0.3) is 10.2 Å². The van der Waals surface area contributed by atoms with Crippen molar-refractivity contribution in [2.45, 2.75) is 33.3 Å². The van der Waals surface area contributed by atoms with Crippen LogP contribution in [0.4, 0.5) is 5.82 Å². The molecule has 1 aliphatic rings. The Labute approximate surface area is 144 Å². The van der Waals surface area contributed by atoms with Gasteiger partial charge in [-0.1, -0.05) is 6.92 Å². The number of nitrogens with one attached hydrogen (secondary N) is 1. The molecule has 4 heterocycles. The molecule has 1 fully saturated rings. The Morgan fingerprint density at radius 3 is 3.00 bits per heavy atom. The Balaban J connectivity index is 1.68. The number of morpholine rings is 1. The molecular formula is C16H20N6OS. The first-order valence-electron chi connectivity index (χ1n) is 8.16. The van der Waals surface area contributed by atoms with Crippen LogP contribution in [0.1, 0.15) is 36.1 Å². The lowest BCUT2D eigenvalue weighted by Crippen LogP contribution is -2.39. The van der Waals surface area contributed by atoms with Crippen LogP contribution >= 0.6 is 11.3 Å². The molecule has 0 saturated carbocycles. The lowest BCUT2D eigenvalue weighted by molar-refractivity contribution is 0.0340. The molecule has 0 spiro atoms. The second kappa shape index (κ2) is 6.10. The molecule has 0 aliphatic carbocycles. The molecule has 3 aromatic rings. The van der Waals surface area contributed by atoms with Crippen LogP contribution in [0.2, 0.25) is 0 Å².